The molecule has 0 aromatic carbocycles. The smallest absolute Gasteiger partial charge is 0.0478 e. The highest BCUT2D eigenvalue weighted by Crippen LogP contribution is 2.27. The van der Waals surface area contributed by atoms with Gasteiger partial charge in [-0.15, -0.1) is 0 Å². The predicted molar refractivity (Wildman–Crippen MR) is 51.6 cm³/mol. The number of aliphatic hydroxyl groups is 1. The Morgan fingerprint density at radius 2 is 2.46 bits per heavy atom. The molecular formula is C10H16N2O. The summed E-state index contributed by atoms with van der Waals surface area (Å²) >= 11 is 0. The maximum atomic E-state index is 9.18. The average Bonchev–Trinajstić information content (AvgIpc) is 2.71. The van der Waals surface area contributed by atoms with Crippen molar-refractivity contribution < 1.29 is 5.11 Å². The van der Waals surface area contributed by atoms with E-state index in [0.29, 0.717) is 11.8 Å². The van der Waals surface area contributed by atoms with Gasteiger partial charge in [-0.3, -0.25) is 0 Å². The Kier molecular flexibility index (Phi) is 2.38. The van der Waals surface area contributed by atoms with Crippen LogP contribution in [-0.2, 0) is 7.05 Å². The summed E-state index contributed by atoms with van der Waals surface area (Å²) in [4.78, 5) is 0. The van der Waals surface area contributed by atoms with Crippen LogP contribution in [0.15, 0.2) is 18.3 Å². The fourth-order valence-corrected chi connectivity index (χ4v) is 2.13. The Morgan fingerprint density at radius 1 is 1.62 bits per heavy atom. The molecule has 0 bridgehead atoms. The van der Waals surface area contributed by atoms with Crippen LogP contribution in [-0.4, -0.2) is 29.4 Å². The number of rotatable bonds is 2. The second kappa shape index (κ2) is 3.52. The lowest BCUT2D eigenvalue weighted by molar-refractivity contribution is 0.224. The minimum Gasteiger partial charge on any atom is -0.396 e. The van der Waals surface area contributed by atoms with E-state index in [1.807, 2.05) is 0 Å². The van der Waals surface area contributed by atoms with E-state index < -0.39 is 0 Å². The Morgan fingerprint density at radius 3 is 3.08 bits per heavy atom. The molecule has 3 nitrogen and oxygen atoms in total. The van der Waals surface area contributed by atoms with E-state index in [9.17, 15) is 5.11 Å². The quantitative estimate of drug-likeness (QED) is 0.688. The third-order valence-electron chi connectivity index (χ3n) is 2.94. The number of nitrogens with one attached hydrogen (secondary N) is 1. The van der Waals surface area contributed by atoms with Gasteiger partial charge in [0.25, 0.3) is 0 Å². The molecule has 1 aromatic rings. The molecule has 1 fully saturated rings. The van der Waals surface area contributed by atoms with Gasteiger partial charge >= 0.3 is 0 Å². The van der Waals surface area contributed by atoms with Gasteiger partial charge in [0.15, 0.2) is 0 Å². The molecule has 2 rings (SSSR count). The van der Waals surface area contributed by atoms with Crippen molar-refractivity contribution in [1.29, 1.82) is 0 Å². The molecule has 0 aliphatic carbocycles. The molecule has 1 saturated heterocycles. The van der Waals surface area contributed by atoms with E-state index in [2.05, 4.69) is 35.3 Å². The summed E-state index contributed by atoms with van der Waals surface area (Å²) in [5, 5.41) is 12.5. The highest BCUT2D eigenvalue weighted by atomic mass is 16.3. The summed E-state index contributed by atoms with van der Waals surface area (Å²) in [5.41, 5.74) is 1.32. The van der Waals surface area contributed by atoms with Crippen molar-refractivity contribution >= 4 is 0 Å². The predicted octanol–water partition coefficient (Wildman–Crippen LogP) is 0.320. The molecule has 2 atom stereocenters. The second-order valence-electron chi connectivity index (χ2n) is 3.75. The number of aryl methyl sites for hydroxylation is 1. The van der Waals surface area contributed by atoms with E-state index in [4.69, 9.17) is 0 Å². The molecule has 2 heterocycles. The highest BCUT2D eigenvalue weighted by Gasteiger charge is 2.28. The summed E-state index contributed by atoms with van der Waals surface area (Å²) in [7, 11) is 2.06. The van der Waals surface area contributed by atoms with Crippen molar-refractivity contribution in [2.75, 3.05) is 19.7 Å². The molecule has 0 radical (unpaired) electrons. The lowest BCUT2D eigenvalue weighted by Crippen LogP contribution is -2.16. The molecular weight excluding hydrogens is 164 g/mol. The molecule has 2 N–H and O–H groups in total. The van der Waals surface area contributed by atoms with Gasteiger partial charge in [0.1, 0.15) is 0 Å². The zero-order chi connectivity index (χ0) is 9.26. The SMILES string of the molecule is Cn1cccc1[C@H]1CNC[C@@H]1CO. The number of aliphatic hydroxyl groups excluding tert-OH is 1. The van der Waals surface area contributed by atoms with Crippen LogP contribution in [0.2, 0.25) is 0 Å². The van der Waals surface area contributed by atoms with Crippen LogP contribution >= 0.6 is 0 Å². The molecule has 0 saturated carbocycles. The molecule has 0 amide bonds. The minimum atomic E-state index is 0.281. The first-order valence-electron chi connectivity index (χ1n) is 4.75. The fourth-order valence-electron chi connectivity index (χ4n) is 2.13. The van der Waals surface area contributed by atoms with Crippen molar-refractivity contribution in [3.8, 4) is 0 Å². The summed E-state index contributed by atoms with van der Waals surface area (Å²) in [6, 6.07) is 4.20. The summed E-state index contributed by atoms with van der Waals surface area (Å²) in [6.07, 6.45) is 2.06. The maximum absolute atomic E-state index is 9.18. The molecule has 72 valence electrons. The van der Waals surface area contributed by atoms with Gasteiger partial charge in [-0.25, -0.2) is 0 Å². The van der Waals surface area contributed by atoms with Crippen LogP contribution in [0.3, 0.4) is 0 Å². The monoisotopic (exact) mass is 180 g/mol. The summed E-state index contributed by atoms with van der Waals surface area (Å²) in [6.45, 7) is 2.21. The Balaban J connectivity index is 2.20. The standard InChI is InChI=1S/C10H16N2O/c1-12-4-2-3-10(12)9-6-11-5-8(9)7-13/h2-4,8-9,11,13H,5-7H2,1H3/t8-,9+/m1/s1. The summed E-state index contributed by atoms with van der Waals surface area (Å²) < 4.78 is 2.14. The first-order chi connectivity index (χ1) is 6.33. The number of hydrogen-bond donors (Lipinski definition) is 2. The third-order valence-corrected chi connectivity index (χ3v) is 2.94. The Bertz CT molecular complexity index is 282. The van der Waals surface area contributed by atoms with Crippen LogP contribution in [0, 0.1) is 5.92 Å². The Hall–Kier alpha value is -0.800. The largest absolute Gasteiger partial charge is 0.396 e. The molecule has 1 aromatic heterocycles. The minimum absolute atomic E-state index is 0.281. The zero-order valence-corrected chi connectivity index (χ0v) is 7.90. The van der Waals surface area contributed by atoms with Crippen LogP contribution in [0.1, 0.15) is 11.6 Å². The Labute approximate surface area is 78.4 Å². The van der Waals surface area contributed by atoms with Crippen molar-refractivity contribution in [2.24, 2.45) is 13.0 Å². The van der Waals surface area contributed by atoms with Gasteiger partial charge in [-0.05, 0) is 12.1 Å². The van der Waals surface area contributed by atoms with E-state index in [1.54, 1.807) is 0 Å². The van der Waals surface area contributed by atoms with Gasteiger partial charge < -0.3 is 15.0 Å². The van der Waals surface area contributed by atoms with Crippen LogP contribution < -0.4 is 5.32 Å². The van der Waals surface area contributed by atoms with E-state index in [0.717, 1.165) is 13.1 Å². The number of aromatic nitrogens is 1. The van der Waals surface area contributed by atoms with Gasteiger partial charge in [0, 0.05) is 50.5 Å². The highest BCUT2D eigenvalue weighted by molar-refractivity contribution is 5.16. The lowest BCUT2D eigenvalue weighted by Gasteiger charge is -2.16. The number of nitrogens with zero attached hydrogens (tertiary/aromatic N) is 1. The molecule has 3 heteroatoms. The third kappa shape index (κ3) is 1.49. The molecule has 13 heavy (non-hydrogen) atoms. The van der Waals surface area contributed by atoms with Crippen molar-refractivity contribution in [3.05, 3.63) is 24.0 Å². The van der Waals surface area contributed by atoms with Crippen molar-refractivity contribution in [3.63, 3.8) is 0 Å². The van der Waals surface area contributed by atoms with Crippen LogP contribution in [0.4, 0.5) is 0 Å². The van der Waals surface area contributed by atoms with Gasteiger partial charge in [0.05, 0.1) is 0 Å². The van der Waals surface area contributed by atoms with Crippen molar-refractivity contribution in [1.82, 2.24) is 9.88 Å². The van der Waals surface area contributed by atoms with E-state index >= 15 is 0 Å². The van der Waals surface area contributed by atoms with Crippen LogP contribution in [0.25, 0.3) is 0 Å². The van der Waals surface area contributed by atoms with Crippen molar-refractivity contribution in [2.45, 2.75) is 5.92 Å². The van der Waals surface area contributed by atoms with E-state index in [1.165, 1.54) is 5.69 Å². The second-order valence-corrected chi connectivity index (χ2v) is 3.75. The maximum Gasteiger partial charge on any atom is 0.0478 e. The van der Waals surface area contributed by atoms with Gasteiger partial charge in [-0.1, -0.05) is 0 Å². The first kappa shape index (κ1) is 8.78. The average molecular weight is 180 g/mol. The summed E-state index contributed by atoms with van der Waals surface area (Å²) in [5.74, 6) is 0.860. The first-order valence-corrected chi connectivity index (χ1v) is 4.75. The number of hydrogen-bond acceptors (Lipinski definition) is 2. The normalized spacial score (nSPS) is 28.2. The fraction of sp³-hybridized carbons (Fsp3) is 0.600. The molecule has 1 aliphatic rings. The lowest BCUT2D eigenvalue weighted by atomic mass is 9.94. The molecule has 0 spiro atoms. The molecule has 0 unspecified atom stereocenters. The zero-order valence-electron chi connectivity index (χ0n) is 7.90. The van der Waals surface area contributed by atoms with Gasteiger partial charge in [0.2, 0.25) is 0 Å². The topological polar surface area (TPSA) is 37.2 Å². The van der Waals surface area contributed by atoms with Crippen LogP contribution in [0.5, 0.6) is 0 Å². The molecule has 1 aliphatic heterocycles. The van der Waals surface area contributed by atoms with E-state index in [-0.39, 0.29) is 6.61 Å². The van der Waals surface area contributed by atoms with Gasteiger partial charge in [-0.2, -0.15) is 0 Å².